The summed E-state index contributed by atoms with van der Waals surface area (Å²) >= 11 is 0. The molecule has 1 aliphatic carbocycles. The molecule has 0 unspecified atom stereocenters. The topological polar surface area (TPSA) is 102 Å². The average Bonchev–Trinajstić information content (AvgIpc) is 3.47. The zero-order chi connectivity index (χ0) is 21.2. The fraction of sp³-hybridized carbons (Fsp3) is 0.333. The maximum atomic E-state index is 12.9. The number of rotatable bonds is 7. The Morgan fingerprint density at radius 1 is 1.10 bits per heavy atom. The summed E-state index contributed by atoms with van der Waals surface area (Å²) < 4.78 is 33.5. The maximum Gasteiger partial charge on any atom is 0.341 e. The van der Waals surface area contributed by atoms with E-state index < -0.39 is 22.1 Å². The molecular weight excluding hydrogens is 392 g/mol. The molecule has 0 aromatic heterocycles. The largest absolute Gasteiger partial charge is 0.449 e. The second kappa shape index (κ2) is 8.24. The van der Waals surface area contributed by atoms with Crippen LogP contribution < -0.4 is 10.0 Å². The number of amides is 1. The fourth-order valence-corrected chi connectivity index (χ4v) is 4.18. The number of esters is 1. The van der Waals surface area contributed by atoms with Crippen LogP contribution in [0.1, 0.15) is 41.3 Å². The lowest BCUT2D eigenvalue weighted by molar-refractivity contribution is -0.129. The van der Waals surface area contributed by atoms with Gasteiger partial charge in [0.25, 0.3) is 15.9 Å². The molecule has 0 spiro atoms. The van der Waals surface area contributed by atoms with Crippen molar-refractivity contribution in [2.75, 3.05) is 4.72 Å². The van der Waals surface area contributed by atoms with Gasteiger partial charge in [0, 0.05) is 6.04 Å². The molecule has 8 heteroatoms. The van der Waals surface area contributed by atoms with E-state index in [1.54, 1.807) is 38.1 Å². The Balaban J connectivity index is 1.80. The van der Waals surface area contributed by atoms with Crippen molar-refractivity contribution in [3.63, 3.8) is 0 Å². The Hall–Kier alpha value is -2.87. The van der Waals surface area contributed by atoms with Crippen molar-refractivity contribution in [2.24, 2.45) is 0 Å². The highest BCUT2D eigenvalue weighted by Gasteiger charge is 2.28. The Kier molecular flexibility index (Phi) is 5.93. The quantitative estimate of drug-likeness (QED) is 0.676. The van der Waals surface area contributed by atoms with E-state index in [1.807, 2.05) is 6.07 Å². The number of carbonyl (C=O) groups is 2. The van der Waals surface area contributed by atoms with Crippen LogP contribution >= 0.6 is 0 Å². The molecule has 154 valence electrons. The molecule has 0 aliphatic heterocycles. The van der Waals surface area contributed by atoms with Crippen LogP contribution in [0.4, 0.5) is 5.69 Å². The van der Waals surface area contributed by atoms with Gasteiger partial charge in [-0.05, 0) is 62.9 Å². The first-order valence-corrected chi connectivity index (χ1v) is 10.9. The lowest BCUT2D eigenvalue weighted by Crippen LogP contribution is -2.37. The molecule has 2 aromatic carbocycles. The molecule has 0 heterocycles. The summed E-state index contributed by atoms with van der Waals surface area (Å²) in [6, 6.07) is 11.4. The van der Waals surface area contributed by atoms with Gasteiger partial charge in [0.15, 0.2) is 6.10 Å². The summed E-state index contributed by atoms with van der Waals surface area (Å²) in [5, 5.41) is 2.77. The number of anilines is 1. The first-order valence-electron chi connectivity index (χ1n) is 9.38. The van der Waals surface area contributed by atoms with Crippen molar-refractivity contribution >= 4 is 27.6 Å². The number of hydrogen-bond donors (Lipinski definition) is 2. The van der Waals surface area contributed by atoms with Gasteiger partial charge in [0.2, 0.25) is 0 Å². The predicted octanol–water partition coefficient (Wildman–Crippen LogP) is 2.93. The number of hydrogen-bond acceptors (Lipinski definition) is 5. The van der Waals surface area contributed by atoms with E-state index in [-0.39, 0.29) is 28.1 Å². The van der Waals surface area contributed by atoms with Crippen LogP contribution in [0.5, 0.6) is 0 Å². The molecule has 1 saturated carbocycles. The number of para-hydroxylation sites is 1. The summed E-state index contributed by atoms with van der Waals surface area (Å²) in [7, 11) is -3.91. The molecule has 1 aliphatic rings. The molecule has 2 N–H and O–H groups in total. The van der Waals surface area contributed by atoms with Crippen molar-refractivity contribution in [1.29, 1.82) is 0 Å². The van der Waals surface area contributed by atoms with Crippen molar-refractivity contribution in [2.45, 2.75) is 50.7 Å². The van der Waals surface area contributed by atoms with Gasteiger partial charge in [-0.15, -0.1) is 0 Å². The molecule has 1 amide bonds. The van der Waals surface area contributed by atoms with E-state index in [1.165, 1.54) is 19.1 Å². The van der Waals surface area contributed by atoms with Crippen LogP contribution in [-0.4, -0.2) is 32.4 Å². The SMILES string of the molecule is Cc1ccc(C)c(S(=O)(=O)Nc2ccccc2C(=O)O[C@@H](C)C(=O)NC2CC2)c1. The predicted molar refractivity (Wildman–Crippen MR) is 109 cm³/mol. The van der Waals surface area contributed by atoms with Crippen LogP contribution in [0.2, 0.25) is 0 Å². The minimum Gasteiger partial charge on any atom is -0.449 e. The van der Waals surface area contributed by atoms with E-state index in [0.717, 1.165) is 18.4 Å². The summed E-state index contributed by atoms with van der Waals surface area (Å²) in [6.07, 6.45) is 0.872. The highest BCUT2D eigenvalue weighted by Crippen LogP contribution is 2.24. The molecule has 0 saturated heterocycles. The second-order valence-electron chi connectivity index (χ2n) is 7.25. The zero-order valence-corrected chi connectivity index (χ0v) is 17.4. The Morgan fingerprint density at radius 2 is 1.79 bits per heavy atom. The number of benzene rings is 2. The van der Waals surface area contributed by atoms with Crippen LogP contribution in [0.3, 0.4) is 0 Å². The molecule has 2 aromatic rings. The van der Waals surface area contributed by atoms with Crippen molar-refractivity contribution in [3.8, 4) is 0 Å². The Labute approximate surface area is 170 Å². The van der Waals surface area contributed by atoms with Gasteiger partial charge in [-0.1, -0.05) is 24.3 Å². The summed E-state index contributed by atoms with van der Waals surface area (Å²) in [5.41, 5.74) is 1.52. The average molecular weight is 416 g/mol. The van der Waals surface area contributed by atoms with E-state index in [4.69, 9.17) is 4.74 Å². The van der Waals surface area contributed by atoms with Crippen LogP contribution in [0.15, 0.2) is 47.4 Å². The van der Waals surface area contributed by atoms with E-state index >= 15 is 0 Å². The van der Waals surface area contributed by atoms with E-state index in [0.29, 0.717) is 5.56 Å². The van der Waals surface area contributed by atoms with Gasteiger partial charge in [-0.25, -0.2) is 13.2 Å². The minimum absolute atomic E-state index is 0.0347. The van der Waals surface area contributed by atoms with Gasteiger partial charge in [0.1, 0.15) is 0 Å². The molecule has 1 atom stereocenters. The molecule has 29 heavy (non-hydrogen) atoms. The van der Waals surface area contributed by atoms with Crippen LogP contribution in [0, 0.1) is 13.8 Å². The van der Waals surface area contributed by atoms with Gasteiger partial charge in [-0.3, -0.25) is 9.52 Å². The molecule has 0 bridgehead atoms. The third kappa shape index (κ3) is 5.14. The Morgan fingerprint density at radius 3 is 2.48 bits per heavy atom. The first kappa shape index (κ1) is 20.9. The fourth-order valence-electron chi connectivity index (χ4n) is 2.77. The van der Waals surface area contributed by atoms with Gasteiger partial charge < -0.3 is 10.1 Å². The Bertz CT molecular complexity index is 1040. The first-order chi connectivity index (χ1) is 13.7. The third-order valence-corrected chi connectivity index (χ3v) is 6.11. The number of nitrogens with one attached hydrogen (secondary N) is 2. The van der Waals surface area contributed by atoms with E-state index in [2.05, 4.69) is 10.0 Å². The summed E-state index contributed by atoms with van der Waals surface area (Å²) in [4.78, 5) is 24.8. The molecule has 7 nitrogen and oxygen atoms in total. The second-order valence-corrected chi connectivity index (χ2v) is 8.90. The van der Waals surface area contributed by atoms with Crippen molar-refractivity contribution in [3.05, 3.63) is 59.2 Å². The minimum atomic E-state index is -3.91. The molecule has 1 fully saturated rings. The maximum absolute atomic E-state index is 12.9. The molecule has 0 radical (unpaired) electrons. The van der Waals surface area contributed by atoms with E-state index in [9.17, 15) is 18.0 Å². The summed E-state index contributed by atoms with van der Waals surface area (Å²) in [6.45, 7) is 4.99. The zero-order valence-electron chi connectivity index (χ0n) is 16.6. The number of sulfonamides is 1. The molecule has 3 rings (SSSR count). The normalized spacial score (nSPS) is 14.7. The van der Waals surface area contributed by atoms with Crippen LogP contribution in [0.25, 0.3) is 0 Å². The third-order valence-electron chi connectivity index (χ3n) is 4.60. The van der Waals surface area contributed by atoms with Gasteiger partial charge >= 0.3 is 5.97 Å². The standard InChI is InChI=1S/C21H24N2O5S/c1-13-8-9-14(2)19(12-13)29(26,27)23-18-7-5-4-6-17(18)21(25)28-15(3)20(24)22-16-10-11-16/h4-9,12,15-16,23H,10-11H2,1-3H3,(H,22,24)/t15-/m0/s1. The van der Waals surface area contributed by atoms with Gasteiger partial charge in [-0.2, -0.15) is 0 Å². The smallest absolute Gasteiger partial charge is 0.341 e. The number of carbonyl (C=O) groups excluding carboxylic acids is 2. The van der Waals surface area contributed by atoms with Crippen LogP contribution in [-0.2, 0) is 19.6 Å². The highest BCUT2D eigenvalue weighted by atomic mass is 32.2. The lowest BCUT2D eigenvalue weighted by Gasteiger charge is -2.16. The molecular formula is C21H24N2O5S. The summed E-state index contributed by atoms with van der Waals surface area (Å²) in [5.74, 6) is -1.14. The number of aryl methyl sites for hydroxylation is 2. The highest BCUT2D eigenvalue weighted by molar-refractivity contribution is 7.92. The lowest BCUT2D eigenvalue weighted by atomic mass is 10.2. The van der Waals surface area contributed by atoms with Gasteiger partial charge in [0.05, 0.1) is 16.1 Å². The van der Waals surface area contributed by atoms with Crippen molar-refractivity contribution in [1.82, 2.24) is 5.32 Å². The number of ether oxygens (including phenoxy) is 1. The monoisotopic (exact) mass is 416 g/mol. The van der Waals surface area contributed by atoms with Crippen molar-refractivity contribution < 1.29 is 22.7 Å².